The van der Waals surface area contributed by atoms with Crippen LogP contribution in [-0.4, -0.2) is 13.1 Å². The number of aryl methyl sites for hydroxylation is 1. The van der Waals surface area contributed by atoms with Gasteiger partial charge in [0.15, 0.2) is 0 Å². The maximum Gasteiger partial charge on any atom is 0.337 e. The number of benzene rings is 1. The Balaban J connectivity index is 2.11. The van der Waals surface area contributed by atoms with Crippen LogP contribution in [0.1, 0.15) is 74.2 Å². The van der Waals surface area contributed by atoms with Crippen LogP contribution in [0.4, 0.5) is 0 Å². The van der Waals surface area contributed by atoms with E-state index < -0.39 is 0 Å². The first-order valence-corrected chi connectivity index (χ1v) is 7.95. The number of carbonyl (C=O) groups excluding carboxylic acids is 1. The largest absolute Gasteiger partial charge is 0.465 e. The number of hydrogen-bond acceptors (Lipinski definition) is 2. The number of ether oxygens (including phenoxy) is 1. The molecular formula is C18H28O2. The Labute approximate surface area is 123 Å². The van der Waals surface area contributed by atoms with E-state index in [2.05, 4.69) is 6.92 Å². The standard InChI is InChI=1S/C18H28O2/c1-3-4-5-6-7-8-9-10-11-16-12-14-17(15-13-16)18(19)20-2/h12-15H,3-11H2,1-2H3. The lowest BCUT2D eigenvalue weighted by Gasteiger charge is -2.04. The van der Waals surface area contributed by atoms with Gasteiger partial charge in [0.25, 0.3) is 0 Å². The van der Waals surface area contributed by atoms with Gasteiger partial charge in [0, 0.05) is 0 Å². The Morgan fingerprint density at radius 2 is 1.45 bits per heavy atom. The molecule has 0 fully saturated rings. The van der Waals surface area contributed by atoms with E-state index in [1.807, 2.05) is 24.3 Å². The molecule has 0 unspecified atom stereocenters. The third-order valence-electron chi connectivity index (χ3n) is 3.69. The number of hydrogen-bond donors (Lipinski definition) is 0. The topological polar surface area (TPSA) is 26.3 Å². The van der Waals surface area contributed by atoms with Crippen molar-refractivity contribution in [1.29, 1.82) is 0 Å². The summed E-state index contributed by atoms with van der Waals surface area (Å²) in [5.41, 5.74) is 1.94. The fraction of sp³-hybridized carbons (Fsp3) is 0.611. The maximum absolute atomic E-state index is 11.3. The molecule has 0 amide bonds. The normalized spacial score (nSPS) is 10.5. The lowest BCUT2D eigenvalue weighted by atomic mass is 10.0. The van der Waals surface area contributed by atoms with Crippen LogP contribution < -0.4 is 0 Å². The van der Waals surface area contributed by atoms with Gasteiger partial charge in [-0.25, -0.2) is 4.79 Å². The lowest BCUT2D eigenvalue weighted by Crippen LogP contribution is -2.00. The fourth-order valence-corrected chi connectivity index (χ4v) is 2.39. The van der Waals surface area contributed by atoms with E-state index in [0.717, 1.165) is 6.42 Å². The summed E-state index contributed by atoms with van der Waals surface area (Å²) < 4.78 is 4.69. The average Bonchev–Trinajstić information content (AvgIpc) is 2.50. The van der Waals surface area contributed by atoms with Gasteiger partial charge < -0.3 is 4.74 Å². The molecule has 2 heteroatoms. The molecule has 0 saturated heterocycles. The van der Waals surface area contributed by atoms with Crippen molar-refractivity contribution in [3.8, 4) is 0 Å². The van der Waals surface area contributed by atoms with Gasteiger partial charge in [-0.05, 0) is 30.5 Å². The van der Waals surface area contributed by atoms with Crippen molar-refractivity contribution < 1.29 is 9.53 Å². The highest BCUT2D eigenvalue weighted by atomic mass is 16.5. The van der Waals surface area contributed by atoms with Crippen molar-refractivity contribution in [3.63, 3.8) is 0 Å². The van der Waals surface area contributed by atoms with Gasteiger partial charge in [-0.2, -0.15) is 0 Å². The van der Waals surface area contributed by atoms with Gasteiger partial charge in [0.2, 0.25) is 0 Å². The molecule has 0 aromatic heterocycles. The van der Waals surface area contributed by atoms with Crippen LogP contribution in [0, 0.1) is 0 Å². The zero-order valence-corrected chi connectivity index (χ0v) is 13.0. The summed E-state index contributed by atoms with van der Waals surface area (Å²) in [6.45, 7) is 2.26. The van der Waals surface area contributed by atoms with E-state index >= 15 is 0 Å². The van der Waals surface area contributed by atoms with Crippen LogP contribution in [0.5, 0.6) is 0 Å². The highest BCUT2D eigenvalue weighted by Crippen LogP contribution is 2.12. The first-order chi connectivity index (χ1) is 9.77. The Bertz CT molecular complexity index is 368. The molecule has 0 aliphatic rings. The fourth-order valence-electron chi connectivity index (χ4n) is 2.39. The number of methoxy groups -OCH3 is 1. The quantitative estimate of drug-likeness (QED) is 0.436. The SMILES string of the molecule is CCCCCCCCCCc1ccc(C(=O)OC)cc1. The second-order valence-corrected chi connectivity index (χ2v) is 5.41. The molecule has 0 N–H and O–H groups in total. The summed E-state index contributed by atoms with van der Waals surface area (Å²) in [6, 6.07) is 7.78. The predicted octanol–water partition coefficient (Wildman–Crippen LogP) is 5.16. The van der Waals surface area contributed by atoms with Crippen molar-refractivity contribution in [3.05, 3.63) is 35.4 Å². The van der Waals surface area contributed by atoms with E-state index in [1.54, 1.807) is 0 Å². The van der Waals surface area contributed by atoms with Gasteiger partial charge in [0.1, 0.15) is 0 Å². The van der Waals surface area contributed by atoms with Crippen molar-refractivity contribution in [2.45, 2.75) is 64.7 Å². The first-order valence-electron chi connectivity index (χ1n) is 7.95. The van der Waals surface area contributed by atoms with Crippen molar-refractivity contribution in [2.75, 3.05) is 7.11 Å². The Morgan fingerprint density at radius 3 is 2.00 bits per heavy atom. The molecule has 20 heavy (non-hydrogen) atoms. The molecule has 2 nitrogen and oxygen atoms in total. The molecule has 112 valence electrons. The van der Waals surface area contributed by atoms with E-state index in [9.17, 15) is 4.79 Å². The number of carbonyl (C=O) groups is 1. The molecule has 0 bridgehead atoms. The van der Waals surface area contributed by atoms with Gasteiger partial charge in [-0.3, -0.25) is 0 Å². The first kappa shape index (κ1) is 16.7. The third kappa shape index (κ3) is 6.74. The second-order valence-electron chi connectivity index (χ2n) is 5.41. The summed E-state index contributed by atoms with van der Waals surface area (Å²) >= 11 is 0. The maximum atomic E-state index is 11.3. The van der Waals surface area contributed by atoms with E-state index in [-0.39, 0.29) is 5.97 Å². The molecule has 1 rings (SSSR count). The molecule has 1 aromatic carbocycles. The molecule has 0 radical (unpaired) electrons. The third-order valence-corrected chi connectivity index (χ3v) is 3.69. The average molecular weight is 276 g/mol. The van der Waals surface area contributed by atoms with Crippen molar-refractivity contribution in [1.82, 2.24) is 0 Å². The summed E-state index contributed by atoms with van der Waals surface area (Å²) in [6.07, 6.45) is 11.9. The van der Waals surface area contributed by atoms with Crippen molar-refractivity contribution >= 4 is 5.97 Å². The Hall–Kier alpha value is -1.31. The highest BCUT2D eigenvalue weighted by Gasteiger charge is 2.03. The van der Waals surface area contributed by atoms with E-state index in [1.165, 1.54) is 64.0 Å². The van der Waals surface area contributed by atoms with Crippen LogP contribution in [0.2, 0.25) is 0 Å². The summed E-state index contributed by atoms with van der Waals surface area (Å²) in [5.74, 6) is -0.261. The molecule has 0 saturated carbocycles. The van der Waals surface area contributed by atoms with Gasteiger partial charge in [-0.1, -0.05) is 64.0 Å². The second kappa shape index (κ2) is 10.5. The molecular weight excluding hydrogens is 248 g/mol. The van der Waals surface area contributed by atoms with Crippen LogP contribution >= 0.6 is 0 Å². The minimum absolute atomic E-state index is 0.261. The smallest absolute Gasteiger partial charge is 0.337 e. The van der Waals surface area contributed by atoms with Crippen LogP contribution in [0.3, 0.4) is 0 Å². The van der Waals surface area contributed by atoms with Gasteiger partial charge >= 0.3 is 5.97 Å². The summed E-state index contributed by atoms with van der Waals surface area (Å²) in [7, 11) is 1.41. The minimum atomic E-state index is -0.261. The summed E-state index contributed by atoms with van der Waals surface area (Å²) in [5, 5.41) is 0. The highest BCUT2D eigenvalue weighted by molar-refractivity contribution is 5.89. The Morgan fingerprint density at radius 1 is 0.900 bits per heavy atom. The monoisotopic (exact) mass is 276 g/mol. The number of esters is 1. The molecule has 0 aliphatic carbocycles. The van der Waals surface area contributed by atoms with Crippen LogP contribution in [-0.2, 0) is 11.2 Å². The zero-order valence-electron chi connectivity index (χ0n) is 13.0. The van der Waals surface area contributed by atoms with Gasteiger partial charge in [-0.15, -0.1) is 0 Å². The predicted molar refractivity (Wildman–Crippen MR) is 84.1 cm³/mol. The number of unbranched alkanes of at least 4 members (excludes halogenated alkanes) is 7. The molecule has 0 heterocycles. The Kier molecular flexibility index (Phi) is 8.77. The number of rotatable bonds is 10. The van der Waals surface area contributed by atoms with Gasteiger partial charge in [0.05, 0.1) is 12.7 Å². The van der Waals surface area contributed by atoms with Crippen LogP contribution in [0.25, 0.3) is 0 Å². The minimum Gasteiger partial charge on any atom is -0.465 e. The molecule has 0 spiro atoms. The summed E-state index contributed by atoms with van der Waals surface area (Å²) in [4.78, 5) is 11.3. The van der Waals surface area contributed by atoms with E-state index in [0.29, 0.717) is 5.56 Å². The van der Waals surface area contributed by atoms with Crippen molar-refractivity contribution in [2.24, 2.45) is 0 Å². The van der Waals surface area contributed by atoms with E-state index in [4.69, 9.17) is 4.74 Å². The zero-order chi connectivity index (χ0) is 14.6. The molecule has 0 aliphatic heterocycles. The lowest BCUT2D eigenvalue weighted by molar-refractivity contribution is 0.0600. The molecule has 0 atom stereocenters. The van der Waals surface area contributed by atoms with Crippen LogP contribution in [0.15, 0.2) is 24.3 Å². The molecule has 1 aromatic rings.